The Kier molecular flexibility index (Phi) is 8.37. The summed E-state index contributed by atoms with van der Waals surface area (Å²) in [6, 6.07) is 17.5. The summed E-state index contributed by atoms with van der Waals surface area (Å²) in [6.45, 7) is 7.17. The number of amides is 2. The Labute approximate surface area is 210 Å². The normalized spacial score (nSPS) is 11.9. The van der Waals surface area contributed by atoms with Crippen molar-refractivity contribution in [3.8, 4) is 5.75 Å². The SMILES string of the molecule is Cc1ccn(NC(=O)C(Cc2cccc(OCc3ccccc3)c2)NC(=O)OC(C)(C)C)c1C(=O)O. The van der Waals surface area contributed by atoms with Gasteiger partial charge in [0.25, 0.3) is 5.91 Å². The Hall–Kier alpha value is -4.27. The van der Waals surface area contributed by atoms with Crippen LogP contribution in [0.4, 0.5) is 4.79 Å². The monoisotopic (exact) mass is 493 g/mol. The Morgan fingerprint density at radius 2 is 1.69 bits per heavy atom. The fourth-order valence-corrected chi connectivity index (χ4v) is 3.49. The first-order valence-corrected chi connectivity index (χ1v) is 11.5. The van der Waals surface area contributed by atoms with Gasteiger partial charge in [-0.1, -0.05) is 42.5 Å². The molecule has 0 saturated carbocycles. The first kappa shape index (κ1) is 26.3. The maximum absolute atomic E-state index is 13.2. The van der Waals surface area contributed by atoms with E-state index in [0.717, 1.165) is 15.8 Å². The minimum atomic E-state index is -1.18. The van der Waals surface area contributed by atoms with Crippen LogP contribution in [0, 0.1) is 6.92 Å². The van der Waals surface area contributed by atoms with Crippen molar-refractivity contribution < 1.29 is 29.0 Å². The maximum Gasteiger partial charge on any atom is 0.408 e. The van der Waals surface area contributed by atoms with Gasteiger partial charge in [0.15, 0.2) is 5.69 Å². The van der Waals surface area contributed by atoms with Crippen molar-refractivity contribution in [3.05, 3.63) is 89.2 Å². The summed E-state index contributed by atoms with van der Waals surface area (Å²) in [4.78, 5) is 37.3. The van der Waals surface area contributed by atoms with Gasteiger partial charge in [-0.3, -0.25) is 14.9 Å². The summed E-state index contributed by atoms with van der Waals surface area (Å²) >= 11 is 0. The summed E-state index contributed by atoms with van der Waals surface area (Å²) in [6.07, 6.45) is 0.802. The number of carbonyl (C=O) groups is 3. The Morgan fingerprint density at radius 1 is 1.00 bits per heavy atom. The lowest BCUT2D eigenvalue weighted by molar-refractivity contribution is -0.119. The maximum atomic E-state index is 13.2. The van der Waals surface area contributed by atoms with Gasteiger partial charge in [-0.15, -0.1) is 0 Å². The average Bonchev–Trinajstić information content (AvgIpc) is 3.17. The lowest BCUT2D eigenvalue weighted by Gasteiger charge is -2.24. The Morgan fingerprint density at radius 3 is 2.36 bits per heavy atom. The van der Waals surface area contributed by atoms with Crippen molar-refractivity contribution >= 4 is 18.0 Å². The van der Waals surface area contributed by atoms with Crippen molar-refractivity contribution in [1.82, 2.24) is 9.99 Å². The largest absolute Gasteiger partial charge is 0.489 e. The van der Waals surface area contributed by atoms with Gasteiger partial charge in [-0.25, -0.2) is 9.59 Å². The molecule has 9 heteroatoms. The van der Waals surface area contributed by atoms with Crippen LogP contribution in [-0.4, -0.2) is 39.4 Å². The molecule has 36 heavy (non-hydrogen) atoms. The molecule has 0 saturated heterocycles. The highest BCUT2D eigenvalue weighted by Crippen LogP contribution is 2.17. The number of aryl methyl sites for hydroxylation is 1. The Balaban J connectivity index is 1.78. The highest BCUT2D eigenvalue weighted by molar-refractivity contribution is 5.94. The van der Waals surface area contributed by atoms with Crippen LogP contribution >= 0.6 is 0 Å². The highest BCUT2D eigenvalue weighted by atomic mass is 16.6. The van der Waals surface area contributed by atoms with Crippen molar-refractivity contribution in [1.29, 1.82) is 0 Å². The number of hydrogen-bond donors (Lipinski definition) is 3. The van der Waals surface area contributed by atoms with E-state index in [1.54, 1.807) is 45.9 Å². The van der Waals surface area contributed by atoms with Gasteiger partial charge in [0, 0.05) is 12.6 Å². The molecule has 0 fully saturated rings. The summed E-state index contributed by atoms with van der Waals surface area (Å²) in [5.41, 5.74) is 3.97. The summed E-state index contributed by atoms with van der Waals surface area (Å²) in [5.74, 6) is -1.17. The highest BCUT2D eigenvalue weighted by Gasteiger charge is 2.26. The number of nitrogens with zero attached hydrogens (tertiary/aromatic N) is 1. The number of carboxylic acid groups (broad SMARTS) is 1. The van der Waals surface area contributed by atoms with E-state index in [4.69, 9.17) is 9.47 Å². The van der Waals surface area contributed by atoms with E-state index in [1.807, 2.05) is 42.5 Å². The third-order valence-electron chi connectivity index (χ3n) is 5.12. The molecule has 0 spiro atoms. The number of nitrogens with one attached hydrogen (secondary N) is 2. The number of benzene rings is 2. The lowest BCUT2D eigenvalue weighted by atomic mass is 10.1. The number of rotatable bonds is 9. The Bertz CT molecular complexity index is 1210. The second-order valence-electron chi connectivity index (χ2n) is 9.32. The van der Waals surface area contributed by atoms with E-state index in [0.29, 0.717) is 17.9 Å². The molecule has 190 valence electrons. The van der Waals surface area contributed by atoms with Crippen LogP contribution in [0.15, 0.2) is 66.9 Å². The summed E-state index contributed by atoms with van der Waals surface area (Å²) in [5, 5.41) is 12.1. The zero-order valence-corrected chi connectivity index (χ0v) is 20.8. The third-order valence-corrected chi connectivity index (χ3v) is 5.12. The molecule has 1 heterocycles. The van der Waals surface area contributed by atoms with E-state index in [2.05, 4.69) is 10.7 Å². The molecule has 3 N–H and O–H groups in total. The van der Waals surface area contributed by atoms with Gasteiger partial charge in [-0.2, -0.15) is 0 Å². The van der Waals surface area contributed by atoms with Crippen LogP contribution in [0.25, 0.3) is 0 Å². The van der Waals surface area contributed by atoms with Gasteiger partial charge in [0.1, 0.15) is 24.0 Å². The zero-order valence-electron chi connectivity index (χ0n) is 20.8. The first-order valence-electron chi connectivity index (χ1n) is 11.5. The predicted octanol–water partition coefficient (Wildman–Crippen LogP) is 4.28. The number of hydrogen-bond acceptors (Lipinski definition) is 5. The van der Waals surface area contributed by atoms with E-state index in [1.165, 1.54) is 6.20 Å². The quantitative estimate of drug-likeness (QED) is 0.409. The van der Waals surface area contributed by atoms with Crippen LogP contribution in [-0.2, 0) is 22.6 Å². The molecule has 0 radical (unpaired) electrons. The van der Waals surface area contributed by atoms with Crippen LogP contribution in [0.3, 0.4) is 0 Å². The van der Waals surface area contributed by atoms with Gasteiger partial charge in [0.05, 0.1) is 0 Å². The van der Waals surface area contributed by atoms with Gasteiger partial charge >= 0.3 is 12.1 Å². The second-order valence-corrected chi connectivity index (χ2v) is 9.32. The smallest absolute Gasteiger partial charge is 0.408 e. The predicted molar refractivity (Wildman–Crippen MR) is 135 cm³/mol. The molecule has 1 atom stereocenters. The molecule has 2 aromatic carbocycles. The van der Waals surface area contributed by atoms with Crippen molar-refractivity contribution in [2.45, 2.75) is 52.4 Å². The molecular weight excluding hydrogens is 462 g/mol. The number of aromatic nitrogens is 1. The molecule has 2 amide bonds. The number of carbonyl (C=O) groups excluding carboxylic acids is 2. The number of alkyl carbamates (subject to hydrolysis) is 1. The molecule has 3 rings (SSSR count). The van der Waals surface area contributed by atoms with Crippen LogP contribution in [0.2, 0.25) is 0 Å². The molecule has 9 nitrogen and oxygen atoms in total. The number of ether oxygens (including phenoxy) is 2. The third kappa shape index (κ3) is 7.63. The van der Waals surface area contributed by atoms with Gasteiger partial charge in [0.2, 0.25) is 0 Å². The van der Waals surface area contributed by atoms with Crippen molar-refractivity contribution in [3.63, 3.8) is 0 Å². The van der Waals surface area contributed by atoms with Crippen LogP contribution in [0.1, 0.15) is 48.0 Å². The fraction of sp³-hybridized carbons (Fsp3) is 0.296. The van der Waals surface area contributed by atoms with E-state index < -0.39 is 29.6 Å². The van der Waals surface area contributed by atoms with Gasteiger partial charge < -0.3 is 19.9 Å². The molecule has 3 aromatic rings. The van der Waals surface area contributed by atoms with Crippen LogP contribution in [0.5, 0.6) is 5.75 Å². The van der Waals surface area contributed by atoms with E-state index in [-0.39, 0.29) is 12.1 Å². The van der Waals surface area contributed by atoms with Gasteiger partial charge in [-0.05, 0) is 62.6 Å². The van der Waals surface area contributed by atoms with Crippen LogP contribution < -0.4 is 15.5 Å². The molecule has 0 aliphatic rings. The second kappa shape index (κ2) is 11.4. The zero-order chi connectivity index (χ0) is 26.3. The molecule has 1 aromatic heterocycles. The summed E-state index contributed by atoms with van der Waals surface area (Å²) in [7, 11) is 0. The first-order chi connectivity index (χ1) is 17.0. The topological polar surface area (TPSA) is 119 Å². The lowest BCUT2D eigenvalue weighted by Crippen LogP contribution is -2.48. The van der Waals surface area contributed by atoms with Crippen molar-refractivity contribution in [2.75, 3.05) is 5.43 Å². The van der Waals surface area contributed by atoms with E-state index >= 15 is 0 Å². The standard InChI is InChI=1S/C27H31N3O6/c1-18-13-14-30(23(18)25(32)33)29-24(31)22(28-26(34)36-27(2,3)4)16-20-11-8-12-21(15-20)35-17-19-9-6-5-7-10-19/h5-15,22H,16-17H2,1-4H3,(H,28,34)(H,29,31)(H,32,33). The number of carboxylic acids is 1. The minimum Gasteiger partial charge on any atom is -0.489 e. The molecule has 0 aliphatic heterocycles. The average molecular weight is 494 g/mol. The number of aromatic carboxylic acids is 1. The minimum absolute atomic E-state index is 0.0734. The van der Waals surface area contributed by atoms with Crippen molar-refractivity contribution in [2.24, 2.45) is 0 Å². The molecular formula is C27H31N3O6. The molecule has 0 bridgehead atoms. The molecule has 0 aliphatic carbocycles. The van der Waals surface area contributed by atoms with E-state index in [9.17, 15) is 19.5 Å². The molecule has 1 unspecified atom stereocenters. The summed E-state index contributed by atoms with van der Waals surface area (Å²) < 4.78 is 12.3. The fourth-order valence-electron chi connectivity index (χ4n) is 3.49.